The molecule has 1 aromatic rings. The molecule has 2 rings (SSSR count). The topological polar surface area (TPSA) is 82.1 Å². The first-order chi connectivity index (χ1) is 11.6. The molecule has 0 aromatic heterocycles. The average Bonchev–Trinajstić information content (AvgIpc) is 2.61. The first kappa shape index (κ1) is 18.2. The molecule has 0 radical (unpaired) electrons. The van der Waals surface area contributed by atoms with Gasteiger partial charge in [-0.25, -0.2) is 9.59 Å². The van der Waals surface area contributed by atoms with Gasteiger partial charge in [0.2, 0.25) is 0 Å². The fourth-order valence-corrected chi connectivity index (χ4v) is 2.48. The van der Waals surface area contributed by atoms with Gasteiger partial charge >= 0.3 is 11.9 Å². The zero-order valence-electron chi connectivity index (χ0n) is 13.6. The number of ether oxygens (including phenoxy) is 3. The highest BCUT2D eigenvalue weighted by Gasteiger charge is 2.28. The summed E-state index contributed by atoms with van der Waals surface area (Å²) in [7, 11) is 1.27. The molecule has 0 saturated carbocycles. The Labute approximate surface area is 141 Å². The summed E-state index contributed by atoms with van der Waals surface area (Å²) in [4.78, 5) is 23.5. The van der Waals surface area contributed by atoms with Crippen LogP contribution in [-0.4, -0.2) is 49.1 Å². The lowest BCUT2D eigenvalue weighted by atomic mass is 10.00. The SMILES string of the molecule is COC(=O)/C=C/[C@H](C[C@@H]1OCCC[C@H]1O)OC(=O)c1ccccc1. The van der Waals surface area contributed by atoms with Gasteiger partial charge < -0.3 is 19.3 Å². The van der Waals surface area contributed by atoms with E-state index in [4.69, 9.17) is 9.47 Å². The van der Waals surface area contributed by atoms with Gasteiger partial charge in [0.05, 0.1) is 24.9 Å². The van der Waals surface area contributed by atoms with Gasteiger partial charge in [-0.2, -0.15) is 0 Å². The molecule has 1 aliphatic rings. The Hall–Kier alpha value is -2.18. The minimum Gasteiger partial charge on any atom is -0.466 e. The highest BCUT2D eigenvalue weighted by molar-refractivity contribution is 5.89. The zero-order valence-corrected chi connectivity index (χ0v) is 13.6. The first-order valence-corrected chi connectivity index (χ1v) is 7.92. The van der Waals surface area contributed by atoms with Crippen LogP contribution in [0.15, 0.2) is 42.5 Å². The number of hydrogen-bond donors (Lipinski definition) is 1. The number of aliphatic hydroxyl groups is 1. The standard InChI is InChI=1S/C18H22O6/c1-22-17(20)10-9-14(12-16-15(19)8-5-11-23-16)24-18(21)13-6-3-2-4-7-13/h2-4,6-7,9-10,14-16,19H,5,8,11-12H2,1H3/b10-9+/t14-,15-,16+/m1/s1. The van der Waals surface area contributed by atoms with Gasteiger partial charge in [0.25, 0.3) is 0 Å². The van der Waals surface area contributed by atoms with Crippen LogP contribution in [0.2, 0.25) is 0 Å². The van der Waals surface area contributed by atoms with E-state index < -0.39 is 30.3 Å². The van der Waals surface area contributed by atoms with Crippen LogP contribution in [0.3, 0.4) is 0 Å². The summed E-state index contributed by atoms with van der Waals surface area (Å²) in [6.45, 7) is 0.557. The molecule has 1 aliphatic heterocycles. The van der Waals surface area contributed by atoms with Crippen LogP contribution in [0, 0.1) is 0 Å². The molecule has 1 heterocycles. The maximum Gasteiger partial charge on any atom is 0.338 e. The number of carbonyl (C=O) groups excluding carboxylic acids is 2. The number of esters is 2. The minimum absolute atomic E-state index is 0.271. The molecule has 0 aliphatic carbocycles. The lowest BCUT2D eigenvalue weighted by molar-refractivity contribution is -0.134. The molecule has 1 saturated heterocycles. The summed E-state index contributed by atoms with van der Waals surface area (Å²) >= 11 is 0. The maximum atomic E-state index is 12.2. The molecule has 0 spiro atoms. The van der Waals surface area contributed by atoms with E-state index >= 15 is 0 Å². The van der Waals surface area contributed by atoms with Crippen LogP contribution < -0.4 is 0 Å². The molecule has 24 heavy (non-hydrogen) atoms. The fraction of sp³-hybridized carbons (Fsp3) is 0.444. The van der Waals surface area contributed by atoms with Crippen molar-refractivity contribution in [3.05, 3.63) is 48.0 Å². The van der Waals surface area contributed by atoms with E-state index in [-0.39, 0.29) is 6.42 Å². The summed E-state index contributed by atoms with van der Waals surface area (Å²) in [5.74, 6) is -1.04. The van der Waals surface area contributed by atoms with E-state index in [1.165, 1.54) is 19.3 Å². The van der Waals surface area contributed by atoms with Crippen molar-refractivity contribution in [2.45, 2.75) is 37.6 Å². The van der Waals surface area contributed by atoms with Gasteiger partial charge in [-0.1, -0.05) is 18.2 Å². The second-order valence-corrected chi connectivity index (χ2v) is 5.55. The van der Waals surface area contributed by atoms with E-state index in [0.717, 1.165) is 6.42 Å². The van der Waals surface area contributed by atoms with Crippen LogP contribution in [0.25, 0.3) is 0 Å². The number of carbonyl (C=O) groups is 2. The summed E-state index contributed by atoms with van der Waals surface area (Å²) < 4.78 is 15.6. The Kier molecular flexibility index (Phi) is 6.96. The van der Waals surface area contributed by atoms with Crippen LogP contribution >= 0.6 is 0 Å². The zero-order chi connectivity index (χ0) is 17.4. The number of methoxy groups -OCH3 is 1. The van der Waals surface area contributed by atoms with Crippen LogP contribution in [-0.2, 0) is 19.0 Å². The Bertz CT molecular complexity index is 568. The van der Waals surface area contributed by atoms with Gasteiger partial charge in [-0.05, 0) is 31.1 Å². The monoisotopic (exact) mass is 334 g/mol. The van der Waals surface area contributed by atoms with Crippen molar-refractivity contribution in [3.8, 4) is 0 Å². The summed E-state index contributed by atoms with van der Waals surface area (Å²) in [6, 6.07) is 8.58. The average molecular weight is 334 g/mol. The third kappa shape index (κ3) is 5.47. The smallest absolute Gasteiger partial charge is 0.338 e. The Balaban J connectivity index is 2.05. The lowest BCUT2D eigenvalue weighted by Gasteiger charge is -2.30. The van der Waals surface area contributed by atoms with Crippen LogP contribution in [0.1, 0.15) is 29.6 Å². The molecular weight excluding hydrogens is 312 g/mol. The molecule has 6 heteroatoms. The molecule has 130 valence electrons. The minimum atomic E-state index is -0.699. The van der Waals surface area contributed by atoms with E-state index in [2.05, 4.69) is 4.74 Å². The van der Waals surface area contributed by atoms with Gasteiger partial charge in [-0.3, -0.25) is 0 Å². The third-order valence-electron chi connectivity index (χ3n) is 3.79. The van der Waals surface area contributed by atoms with E-state index in [1.54, 1.807) is 30.3 Å². The summed E-state index contributed by atoms with van der Waals surface area (Å²) in [5.41, 5.74) is 0.416. The van der Waals surface area contributed by atoms with Crippen molar-refractivity contribution >= 4 is 11.9 Å². The van der Waals surface area contributed by atoms with Gasteiger partial charge in [-0.15, -0.1) is 0 Å². The van der Waals surface area contributed by atoms with E-state index in [9.17, 15) is 14.7 Å². The highest BCUT2D eigenvalue weighted by Crippen LogP contribution is 2.20. The molecule has 3 atom stereocenters. The number of rotatable bonds is 6. The molecule has 1 N–H and O–H groups in total. The Morgan fingerprint density at radius 3 is 2.79 bits per heavy atom. The largest absolute Gasteiger partial charge is 0.466 e. The molecule has 0 unspecified atom stereocenters. The predicted octanol–water partition coefficient (Wildman–Crippen LogP) is 1.87. The van der Waals surface area contributed by atoms with Gasteiger partial charge in [0.15, 0.2) is 0 Å². The highest BCUT2D eigenvalue weighted by atomic mass is 16.5. The van der Waals surface area contributed by atoms with Crippen LogP contribution in [0.4, 0.5) is 0 Å². The Morgan fingerprint density at radius 1 is 1.38 bits per heavy atom. The van der Waals surface area contributed by atoms with Gasteiger partial charge in [0, 0.05) is 19.1 Å². The summed E-state index contributed by atoms with van der Waals surface area (Å²) in [5, 5.41) is 10.0. The van der Waals surface area contributed by atoms with Crippen molar-refractivity contribution in [2.24, 2.45) is 0 Å². The van der Waals surface area contributed by atoms with Crippen molar-refractivity contribution in [3.63, 3.8) is 0 Å². The number of benzene rings is 1. The fourth-order valence-electron chi connectivity index (χ4n) is 2.48. The van der Waals surface area contributed by atoms with Crippen molar-refractivity contribution in [1.29, 1.82) is 0 Å². The van der Waals surface area contributed by atoms with E-state index in [0.29, 0.717) is 18.6 Å². The molecule has 0 bridgehead atoms. The Morgan fingerprint density at radius 2 is 2.12 bits per heavy atom. The van der Waals surface area contributed by atoms with Crippen molar-refractivity contribution < 1.29 is 28.9 Å². The molecule has 6 nitrogen and oxygen atoms in total. The molecule has 0 amide bonds. The quantitative estimate of drug-likeness (QED) is 0.632. The molecular formula is C18H22O6. The van der Waals surface area contributed by atoms with E-state index in [1.807, 2.05) is 0 Å². The lowest BCUT2D eigenvalue weighted by Crippen LogP contribution is -2.37. The molecule has 1 fully saturated rings. The summed E-state index contributed by atoms with van der Waals surface area (Å²) in [6.07, 6.45) is 2.63. The van der Waals surface area contributed by atoms with Gasteiger partial charge in [0.1, 0.15) is 6.10 Å². The number of aliphatic hydroxyl groups excluding tert-OH is 1. The predicted molar refractivity (Wildman–Crippen MR) is 86.4 cm³/mol. The van der Waals surface area contributed by atoms with Crippen LogP contribution in [0.5, 0.6) is 0 Å². The molecule has 1 aromatic carbocycles. The van der Waals surface area contributed by atoms with Crippen molar-refractivity contribution in [2.75, 3.05) is 13.7 Å². The second kappa shape index (κ2) is 9.20. The third-order valence-corrected chi connectivity index (χ3v) is 3.79. The number of hydrogen-bond acceptors (Lipinski definition) is 6. The normalized spacial score (nSPS) is 22.1. The maximum absolute atomic E-state index is 12.2. The van der Waals surface area contributed by atoms with Crippen molar-refractivity contribution in [1.82, 2.24) is 0 Å². The first-order valence-electron chi connectivity index (χ1n) is 7.92. The second-order valence-electron chi connectivity index (χ2n) is 5.55.